The average Bonchev–Trinajstić information content (AvgIpc) is 2.90. The monoisotopic (exact) mass is 262 g/mol. The van der Waals surface area contributed by atoms with Crippen molar-refractivity contribution < 1.29 is 0 Å². The Hall–Kier alpha value is -1.05. The number of nitrogens with zero attached hydrogens (tertiary/aromatic N) is 2. The summed E-state index contributed by atoms with van der Waals surface area (Å²) < 4.78 is 0.968. The van der Waals surface area contributed by atoms with Crippen molar-refractivity contribution in [3.05, 3.63) is 35.4 Å². The zero-order valence-corrected chi connectivity index (χ0v) is 11.2. The van der Waals surface area contributed by atoms with Gasteiger partial charge in [-0.05, 0) is 24.5 Å². The second-order valence-corrected chi connectivity index (χ2v) is 5.63. The number of rotatable bonds is 2. The second kappa shape index (κ2) is 6.04. The smallest absolute Gasteiger partial charge is 0.136 e. The van der Waals surface area contributed by atoms with Gasteiger partial charge >= 0.3 is 0 Å². The predicted octanol–water partition coefficient (Wildman–Crippen LogP) is 3.17. The van der Waals surface area contributed by atoms with Gasteiger partial charge in [-0.25, -0.2) is 0 Å². The zero-order chi connectivity index (χ0) is 12.1. The molecule has 0 spiro atoms. The lowest BCUT2D eigenvalue weighted by atomic mass is 10.1. The Labute approximate surface area is 112 Å². The molecule has 88 valence electrons. The number of thioether (sulfide) groups is 1. The number of hydrogen-bond donors (Lipinski definition) is 0. The van der Waals surface area contributed by atoms with E-state index in [2.05, 4.69) is 11.0 Å². The highest BCUT2D eigenvalue weighted by Crippen LogP contribution is 2.21. The van der Waals surface area contributed by atoms with Gasteiger partial charge in [0.15, 0.2) is 0 Å². The normalized spacial score (nSPS) is 14.6. The number of hydrogen-bond acceptors (Lipinski definition) is 3. The molecule has 17 heavy (non-hydrogen) atoms. The lowest BCUT2D eigenvalue weighted by Gasteiger charge is -2.17. The fraction of sp³-hybridized carbons (Fsp3) is 0.385. The first-order chi connectivity index (χ1) is 8.31. The average molecular weight is 262 g/mol. The molecule has 4 heteroatoms. The number of benzene rings is 1. The Morgan fingerprint density at radius 3 is 2.76 bits per heavy atom. The van der Waals surface area contributed by atoms with E-state index in [1.165, 1.54) is 12.8 Å². The van der Waals surface area contributed by atoms with Crippen LogP contribution in [0.5, 0.6) is 0 Å². The molecule has 1 aliphatic rings. The van der Waals surface area contributed by atoms with E-state index in [1.54, 1.807) is 11.8 Å². The topological polar surface area (TPSA) is 27.0 Å². The molecule has 0 saturated carbocycles. The molecule has 2 rings (SSSR count). The highest BCUT2D eigenvalue weighted by atomic mass is 32.2. The molecule has 1 aromatic carbocycles. The van der Waals surface area contributed by atoms with Crippen LogP contribution in [0.4, 0.5) is 0 Å². The largest absolute Gasteiger partial charge is 0.358 e. The maximum Gasteiger partial charge on any atom is 0.136 e. The summed E-state index contributed by atoms with van der Waals surface area (Å²) in [4.78, 5) is 2.26. The van der Waals surface area contributed by atoms with Gasteiger partial charge in [0.2, 0.25) is 0 Å². The minimum atomic E-state index is 0.754. The van der Waals surface area contributed by atoms with E-state index in [0.717, 1.165) is 34.3 Å². The molecule has 0 N–H and O–H groups in total. The van der Waals surface area contributed by atoms with Crippen molar-refractivity contribution in [1.29, 1.82) is 5.26 Å². The van der Waals surface area contributed by atoms with Crippen LogP contribution in [0.25, 0.3) is 0 Å². The summed E-state index contributed by atoms with van der Waals surface area (Å²) in [6.07, 6.45) is 2.49. The van der Waals surface area contributed by atoms with E-state index in [9.17, 15) is 0 Å². The van der Waals surface area contributed by atoms with E-state index >= 15 is 0 Å². The molecule has 0 aromatic heterocycles. The van der Waals surface area contributed by atoms with E-state index in [4.69, 9.17) is 17.5 Å². The molecular weight excluding hydrogens is 248 g/mol. The molecule has 0 bridgehead atoms. The predicted molar refractivity (Wildman–Crippen MR) is 75.9 cm³/mol. The molecule has 0 atom stereocenters. The van der Waals surface area contributed by atoms with Gasteiger partial charge in [0, 0.05) is 18.8 Å². The van der Waals surface area contributed by atoms with Crippen LogP contribution in [-0.2, 0) is 5.75 Å². The van der Waals surface area contributed by atoms with Gasteiger partial charge in [0.25, 0.3) is 0 Å². The molecule has 0 aliphatic carbocycles. The van der Waals surface area contributed by atoms with Crippen molar-refractivity contribution in [3.8, 4) is 6.07 Å². The first-order valence-corrected chi connectivity index (χ1v) is 7.10. The third-order valence-electron chi connectivity index (χ3n) is 2.85. The Morgan fingerprint density at radius 2 is 2.06 bits per heavy atom. The molecule has 1 fully saturated rings. The van der Waals surface area contributed by atoms with Crippen LogP contribution in [0.3, 0.4) is 0 Å². The van der Waals surface area contributed by atoms with Crippen molar-refractivity contribution in [1.82, 2.24) is 4.90 Å². The van der Waals surface area contributed by atoms with Gasteiger partial charge in [-0.3, -0.25) is 0 Å². The Balaban J connectivity index is 1.93. The van der Waals surface area contributed by atoms with E-state index in [-0.39, 0.29) is 0 Å². The highest BCUT2D eigenvalue weighted by Gasteiger charge is 2.15. The SMILES string of the molecule is N#Cc1ccccc1CSC(=S)N1CCCC1. The fourth-order valence-electron chi connectivity index (χ4n) is 1.89. The molecule has 1 saturated heterocycles. The molecule has 2 nitrogen and oxygen atoms in total. The quantitative estimate of drug-likeness (QED) is 0.765. The Morgan fingerprint density at radius 1 is 1.35 bits per heavy atom. The van der Waals surface area contributed by atoms with Crippen LogP contribution in [-0.4, -0.2) is 22.3 Å². The molecule has 1 heterocycles. The van der Waals surface area contributed by atoms with Crippen LogP contribution >= 0.6 is 24.0 Å². The Bertz CT molecular complexity index is 445. The standard InChI is InChI=1S/C13H14N2S2/c14-9-11-5-1-2-6-12(11)10-17-13(16)15-7-3-4-8-15/h1-2,5-6H,3-4,7-8,10H2. The summed E-state index contributed by atoms with van der Waals surface area (Å²) in [5.74, 6) is 0.791. The summed E-state index contributed by atoms with van der Waals surface area (Å²) in [7, 11) is 0. The summed E-state index contributed by atoms with van der Waals surface area (Å²) in [6, 6.07) is 9.93. The lowest BCUT2D eigenvalue weighted by molar-refractivity contribution is 0.539. The summed E-state index contributed by atoms with van der Waals surface area (Å²) in [5, 5.41) is 8.99. The first-order valence-electron chi connectivity index (χ1n) is 5.71. The van der Waals surface area contributed by atoms with Crippen molar-refractivity contribution in [2.24, 2.45) is 0 Å². The Kier molecular flexibility index (Phi) is 4.41. The van der Waals surface area contributed by atoms with Gasteiger partial charge in [0.1, 0.15) is 4.32 Å². The van der Waals surface area contributed by atoms with Crippen LogP contribution in [0, 0.1) is 11.3 Å². The molecule has 0 radical (unpaired) electrons. The van der Waals surface area contributed by atoms with Gasteiger partial charge in [0.05, 0.1) is 11.6 Å². The lowest BCUT2D eigenvalue weighted by Crippen LogP contribution is -2.23. The van der Waals surface area contributed by atoms with Crippen molar-refractivity contribution in [3.63, 3.8) is 0 Å². The summed E-state index contributed by atoms with van der Waals surface area (Å²) >= 11 is 7.06. The molecule has 1 aliphatic heterocycles. The summed E-state index contributed by atoms with van der Waals surface area (Å²) in [5.41, 5.74) is 1.82. The van der Waals surface area contributed by atoms with Gasteiger partial charge in [-0.2, -0.15) is 5.26 Å². The third kappa shape index (κ3) is 3.21. The van der Waals surface area contributed by atoms with Gasteiger partial charge < -0.3 is 4.90 Å². The van der Waals surface area contributed by atoms with Crippen LogP contribution in [0.15, 0.2) is 24.3 Å². The fourth-order valence-corrected chi connectivity index (χ4v) is 3.14. The zero-order valence-electron chi connectivity index (χ0n) is 9.56. The maximum absolute atomic E-state index is 8.99. The second-order valence-electron chi connectivity index (χ2n) is 4.02. The third-order valence-corrected chi connectivity index (χ3v) is 4.43. The maximum atomic E-state index is 8.99. The van der Waals surface area contributed by atoms with Crippen molar-refractivity contribution in [2.45, 2.75) is 18.6 Å². The van der Waals surface area contributed by atoms with Crippen LogP contribution in [0.2, 0.25) is 0 Å². The van der Waals surface area contributed by atoms with Crippen molar-refractivity contribution >= 4 is 28.3 Å². The molecule has 1 aromatic rings. The van der Waals surface area contributed by atoms with Crippen molar-refractivity contribution in [2.75, 3.05) is 13.1 Å². The number of nitriles is 1. The first kappa shape index (κ1) is 12.4. The van der Waals surface area contributed by atoms with E-state index in [1.807, 2.05) is 24.3 Å². The van der Waals surface area contributed by atoms with Crippen LogP contribution < -0.4 is 0 Å². The van der Waals surface area contributed by atoms with E-state index in [0.29, 0.717) is 0 Å². The number of likely N-dealkylation sites (tertiary alicyclic amines) is 1. The van der Waals surface area contributed by atoms with E-state index < -0.39 is 0 Å². The minimum Gasteiger partial charge on any atom is -0.358 e. The highest BCUT2D eigenvalue weighted by molar-refractivity contribution is 8.22. The molecule has 0 amide bonds. The molecule has 0 unspecified atom stereocenters. The molecular formula is C13H14N2S2. The minimum absolute atomic E-state index is 0.754. The van der Waals surface area contributed by atoms with Gasteiger partial charge in [-0.1, -0.05) is 42.2 Å². The van der Waals surface area contributed by atoms with Gasteiger partial charge in [-0.15, -0.1) is 0 Å². The summed E-state index contributed by atoms with van der Waals surface area (Å²) in [6.45, 7) is 2.18. The van der Waals surface area contributed by atoms with Crippen LogP contribution in [0.1, 0.15) is 24.0 Å². The number of thiocarbonyl (C=S) groups is 1.